The molecule has 3 rings (SSSR count). The predicted octanol–water partition coefficient (Wildman–Crippen LogP) is 3.68. The summed E-state index contributed by atoms with van der Waals surface area (Å²) < 4.78 is 18.7. The van der Waals surface area contributed by atoms with Crippen LogP contribution in [-0.2, 0) is 11.2 Å². The predicted molar refractivity (Wildman–Crippen MR) is 102 cm³/mol. The van der Waals surface area contributed by atoms with Gasteiger partial charge in [0.2, 0.25) is 0 Å². The van der Waals surface area contributed by atoms with Crippen molar-refractivity contribution in [1.82, 2.24) is 10.3 Å². The number of carbonyl (C=O) groups excluding carboxylic acids is 2. The highest BCUT2D eigenvalue weighted by Gasteiger charge is 2.14. The largest absolute Gasteiger partial charge is 0.465 e. The molecule has 0 aliphatic carbocycles. The molecule has 1 aromatic heterocycles. The number of ether oxygens (including phenoxy) is 1. The Morgan fingerprint density at radius 3 is 2.41 bits per heavy atom. The minimum absolute atomic E-state index is 0.230. The summed E-state index contributed by atoms with van der Waals surface area (Å²) in [6.07, 6.45) is 0.585. The Labute approximate surface area is 156 Å². The van der Waals surface area contributed by atoms with Crippen LogP contribution in [0.25, 0.3) is 10.9 Å². The molecule has 0 radical (unpaired) electrons. The molecule has 1 heterocycles. The van der Waals surface area contributed by atoms with Crippen molar-refractivity contribution in [2.45, 2.75) is 20.3 Å². The summed E-state index contributed by atoms with van der Waals surface area (Å²) in [5, 5.41) is 3.74. The van der Waals surface area contributed by atoms with E-state index in [1.54, 1.807) is 30.3 Å². The molecule has 0 atom stereocenters. The zero-order valence-corrected chi connectivity index (χ0v) is 15.5. The SMILES string of the molecule is COC(=O)c1ccc(C(=O)NCCc2c(C)[nH]c3c(F)ccc(C)c23)cc1. The smallest absolute Gasteiger partial charge is 0.337 e. The van der Waals surface area contributed by atoms with Gasteiger partial charge in [0.15, 0.2) is 0 Å². The highest BCUT2D eigenvalue weighted by atomic mass is 19.1. The molecule has 27 heavy (non-hydrogen) atoms. The van der Waals surface area contributed by atoms with Crippen molar-refractivity contribution in [3.05, 3.63) is 70.2 Å². The molecule has 1 amide bonds. The van der Waals surface area contributed by atoms with Gasteiger partial charge in [-0.15, -0.1) is 0 Å². The average Bonchev–Trinajstić information content (AvgIpc) is 3.02. The number of aryl methyl sites for hydroxylation is 2. The van der Waals surface area contributed by atoms with E-state index in [4.69, 9.17) is 0 Å². The van der Waals surface area contributed by atoms with Gasteiger partial charge in [-0.3, -0.25) is 4.79 Å². The summed E-state index contributed by atoms with van der Waals surface area (Å²) in [4.78, 5) is 26.8. The summed E-state index contributed by atoms with van der Waals surface area (Å²) in [7, 11) is 1.31. The molecule has 0 spiro atoms. The molecule has 0 fully saturated rings. The summed E-state index contributed by atoms with van der Waals surface area (Å²) in [6, 6.07) is 9.48. The zero-order valence-electron chi connectivity index (χ0n) is 15.5. The Morgan fingerprint density at radius 2 is 1.74 bits per heavy atom. The average molecular weight is 368 g/mol. The fourth-order valence-corrected chi connectivity index (χ4v) is 3.23. The molecule has 3 aromatic rings. The number of rotatable bonds is 5. The number of benzene rings is 2. The third-order valence-corrected chi connectivity index (χ3v) is 4.66. The summed E-state index contributed by atoms with van der Waals surface area (Å²) in [5.41, 5.74) is 4.25. The standard InChI is InChI=1S/C21H21FN2O3/c1-12-4-9-17(22)19-18(12)16(13(2)24-19)10-11-23-20(25)14-5-7-15(8-6-14)21(26)27-3/h4-9,24H,10-11H2,1-3H3,(H,23,25). The van der Waals surface area contributed by atoms with Crippen LogP contribution >= 0.6 is 0 Å². The molecule has 0 unspecified atom stereocenters. The van der Waals surface area contributed by atoms with Crippen molar-refractivity contribution in [2.24, 2.45) is 0 Å². The molecule has 2 aromatic carbocycles. The third-order valence-electron chi connectivity index (χ3n) is 4.66. The number of hydrogen-bond acceptors (Lipinski definition) is 3. The number of amides is 1. The third kappa shape index (κ3) is 3.69. The second-order valence-corrected chi connectivity index (χ2v) is 6.42. The van der Waals surface area contributed by atoms with Gasteiger partial charge in [-0.2, -0.15) is 0 Å². The van der Waals surface area contributed by atoms with Crippen molar-refractivity contribution in [3.63, 3.8) is 0 Å². The van der Waals surface area contributed by atoms with E-state index < -0.39 is 5.97 Å². The lowest BCUT2D eigenvalue weighted by molar-refractivity contribution is 0.0600. The number of nitrogens with one attached hydrogen (secondary N) is 2. The Hall–Kier alpha value is -3.15. The van der Waals surface area contributed by atoms with Crippen LogP contribution in [0.2, 0.25) is 0 Å². The maximum Gasteiger partial charge on any atom is 0.337 e. The quantitative estimate of drug-likeness (QED) is 0.675. The minimum atomic E-state index is -0.445. The molecule has 0 saturated carbocycles. The van der Waals surface area contributed by atoms with Crippen LogP contribution in [0, 0.1) is 19.7 Å². The first-order valence-electron chi connectivity index (χ1n) is 8.65. The van der Waals surface area contributed by atoms with Gasteiger partial charge in [0, 0.05) is 23.2 Å². The second kappa shape index (κ2) is 7.61. The highest BCUT2D eigenvalue weighted by molar-refractivity contribution is 5.96. The second-order valence-electron chi connectivity index (χ2n) is 6.42. The molecule has 0 aliphatic rings. The van der Waals surface area contributed by atoms with Crippen molar-refractivity contribution >= 4 is 22.8 Å². The lowest BCUT2D eigenvalue weighted by Crippen LogP contribution is -2.25. The fraction of sp³-hybridized carbons (Fsp3) is 0.238. The van der Waals surface area contributed by atoms with Crippen molar-refractivity contribution < 1.29 is 18.7 Å². The van der Waals surface area contributed by atoms with Crippen LogP contribution < -0.4 is 5.32 Å². The van der Waals surface area contributed by atoms with Crippen LogP contribution in [-0.4, -0.2) is 30.5 Å². The number of hydrogen-bond donors (Lipinski definition) is 2. The number of fused-ring (bicyclic) bond motifs is 1. The van der Waals surface area contributed by atoms with E-state index in [0.29, 0.717) is 29.6 Å². The van der Waals surface area contributed by atoms with Gasteiger partial charge in [-0.05, 0) is 61.7 Å². The van der Waals surface area contributed by atoms with E-state index in [0.717, 1.165) is 22.2 Å². The van der Waals surface area contributed by atoms with E-state index >= 15 is 0 Å². The molecule has 5 nitrogen and oxygen atoms in total. The minimum Gasteiger partial charge on any atom is -0.465 e. The summed E-state index contributed by atoms with van der Waals surface area (Å²) in [6.45, 7) is 4.27. The Bertz CT molecular complexity index is 1010. The van der Waals surface area contributed by atoms with Gasteiger partial charge in [-0.1, -0.05) is 6.07 Å². The summed E-state index contributed by atoms with van der Waals surface area (Å²) in [5.74, 6) is -0.953. The monoisotopic (exact) mass is 368 g/mol. The van der Waals surface area contributed by atoms with E-state index in [1.165, 1.54) is 13.2 Å². The normalized spacial score (nSPS) is 10.8. The lowest BCUT2D eigenvalue weighted by atomic mass is 10.0. The number of esters is 1. The molecule has 140 valence electrons. The van der Waals surface area contributed by atoms with E-state index in [1.807, 2.05) is 13.8 Å². The van der Waals surface area contributed by atoms with Gasteiger partial charge in [0.1, 0.15) is 5.82 Å². The zero-order chi connectivity index (χ0) is 19.6. The van der Waals surface area contributed by atoms with Crippen LogP contribution in [0.15, 0.2) is 36.4 Å². The number of halogens is 1. The highest BCUT2D eigenvalue weighted by Crippen LogP contribution is 2.27. The molecular formula is C21H21FN2O3. The first kappa shape index (κ1) is 18.6. The first-order valence-corrected chi connectivity index (χ1v) is 8.65. The van der Waals surface area contributed by atoms with Crippen molar-refractivity contribution in [2.75, 3.05) is 13.7 Å². The van der Waals surface area contributed by atoms with Crippen LogP contribution in [0.5, 0.6) is 0 Å². The molecule has 0 bridgehead atoms. The molecule has 0 aliphatic heterocycles. The summed E-state index contributed by atoms with van der Waals surface area (Å²) >= 11 is 0. The van der Waals surface area contributed by atoms with Crippen LogP contribution in [0.4, 0.5) is 4.39 Å². The van der Waals surface area contributed by atoms with E-state index in [2.05, 4.69) is 15.0 Å². The number of methoxy groups -OCH3 is 1. The Balaban J connectivity index is 1.69. The van der Waals surface area contributed by atoms with Crippen LogP contribution in [0.1, 0.15) is 37.5 Å². The Kier molecular flexibility index (Phi) is 5.26. The van der Waals surface area contributed by atoms with Gasteiger partial charge in [0.05, 0.1) is 18.2 Å². The first-order chi connectivity index (χ1) is 12.9. The maximum absolute atomic E-state index is 14.0. The lowest BCUT2D eigenvalue weighted by Gasteiger charge is -2.07. The molecule has 2 N–H and O–H groups in total. The molecule has 6 heteroatoms. The van der Waals surface area contributed by atoms with Gasteiger partial charge < -0.3 is 15.0 Å². The van der Waals surface area contributed by atoms with E-state index in [9.17, 15) is 14.0 Å². The Morgan fingerprint density at radius 1 is 1.07 bits per heavy atom. The van der Waals surface area contributed by atoms with Gasteiger partial charge in [0.25, 0.3) is 5.91 Å². The van der Waals surface area contributed by atoms with E-state index in [-0.39, 0.29) is 11.7 Å². The number of H-pyrrole nitrogens is 1. The van der Waals surface area contributed by atoms with Gasteiger partial charge >= 0.3 is 5.97 Å². The fourth-order valence-electron chi connectivity index (χ4n) is 3.23. The van der Waals surface area contributed by atoms with Crippen molar-refractivity contribution in [1.29, 1.82) is 0 Å². The molecular weight excluding hydrogens is 347 g/mol. The number of aromatic nitrogens is 1. The van der Waals surface area contributed by atoms with Crippen LogP contribution in [0.3, 0.4) is 0 Å². The van der Waals surface area contributed by atoms with Crippen molar-refractivity contribution in [3.8, 4) is 0 Å². The number of carbonyl (C=O) groups is 2. The topological polar surface area (TPSA) is 71.2 Å². The van der Waals surface area contributed by atoms with Gasteiger partial charge in [-0.25, -0.2) is 9.18 Å². The maximum atomic E-state index is 14.0. The number of aromatic amines is 1. The molecule has 0 saturated heterocycles.